The van der Waals surface area contributed by atoms with Crippen LogP contribution in [0.5, 0.6) is 0 Å². The lowest BCUT2D eigenvalue weighted by Crippen LogP contribution is -2.49. The maximum atomic E-state index is 13.1. The number of fused-ring (bicyclic) bond motifs is 1. The highest BCUT2D eigenvalue weighted by Crippen LogP contribution is 2.25. The van der Waals surface area contributed by atoms with E-state index in [1.54, 1.807) is 12.4 Å². The second-order valence-electron chi connectivity index (χ2n) is 6.28. The number of rotatable bonds is 2. The molecule has 1 saturated heterocycles. The molecule has 1 N–H and O–H groups in total. The summed E-state index contributed by atoms with van der Waals surface area (Å²) in [6, 6.07) is 5.79. The minimum absolute atomic E-state index is 0.0503. The Morgan fingerprint density at radius 1 is 1.29 bits per heavy atom. The van der Waals surface area contributed by atoms with E-state index in [0.29, 0.717) is 18.7 Å². The van der Waals surface area contributed by atoms with Gasteiger partial charge in [-0.1, -0.05) is 6.07 Å². The number of piperazine rings is 1. The number of benzene rings is 1. The third-order valence-electron chi connectivity index (χ3n) is 4.81. The number of carbonyl (C=O) groups is 1. The van der Waals surface area contributed by atoms with Crippen molar-refractivity contribution in [1.29, 1.82) is 0 Å². The maximum absolute atomic E-state index is 13.1. The van der Waals surface area contributed by atoms with E-state index in [9.17, 15) is 4.79 Å². The summed E-state index contributed by atoms with van der Waals surface area (Å²) in [5.41, 5.74) is 1.58. The van der Waals surface area contributed by atoms with Gasteiger partial charge in [-0.05, 0) is 19.2 Å². The predicted octanol–water partition coefficient (Wildman–Crippen LogP) is 1.43. The average molecular weight is 324 g/mol. The second-order valence-corrected chi connectivity index (χ2v) is 6.28. The van der Waals surface area contributed by atoms with Crippen LogP contribution >= 0.6 is 0 Å². The fourth-order valence-corrected chi connectivity index (χ4v) is 3.36. The van der Waals surface area contributed by atoms with Gasteiger partial charge in [0.05, 0.1) is 23.3 Å². The zero-order chi connectivity index (χ0) is 16.7. The highest BCUT2D eigenvalue weighted by atomic mass is 16.2. The first-order valence-electron chi connectivity index (χ1n) is 8.04. The molecule has 7 heteroatoms. The summed E-state index contributed by atoms with van der Waals surface area (Å²) in [7, 11) is 4.07. The fourth-order valence-electron chi connectivity index (χ4n) is 3.36. The molecule has 124 valence electrons. The zero-order valence-electron chi connectivity index (χ0n) is 13.8. The highest BCUT2D eigenvalue weighted by molar-refractivity contribution is 6.06. The Bertz CT molecular complexity index is 882. The summed E-state index contributed by atoms with van der Waals surface area (Å²) in [5.74, 6) is 1.03. The first kappa shape index (κ1) is 14.9. The summed E-state index contributed by atoms with van der Waals surface area (Å²) < 4.78 is 2.02. The number of imidazole rings is 1. The minimum Gasteiger partial charge on any atom is -0.337 e. The number of hydrogen-bond donors (Lipinski definition) is 1. The number of aryl methyl sites for hydroxylation is 1. The summed E-state index contributed by atoms with van der Waals surface area (Å²) in [6.07, 6.45) is 5.46. The molecule has 3 heterocycles. The van der Waals surface area contributed by atoms with Crippen LogP contribution in [0.2, 0.25) is 0 Å². The number of aromatic nitrogens is 4. The third kappa shape index (κ3) is 2.37. The molecule has 0 spiro atoms. The summed E-state index contributed by atoms with van der Waals surface area (Å²) in [4.78, 5) is 21.7. The van der Waals surface area contributed by atoms with Gasteiger partial charge >= 0.3 is 0 Å². The molecule has 0 aliphatic carbocycles. The number of aromatic amines is 1. The van der Waals surface area contributed by atoms with Crippen LogP contribution in [0.15, 0.2) is 36.8 Å². The van der Waals surface area contributed by atoms with Gasteiger partial charge < -0.3 is 9.47 Å². The second kappa shape index (κ2) is 5.76. The van der Waals surface area contributed by atoms with Crippen LogP contribution in [-0.4, -0.2) is 62.1 Å². The Morgan fingerprint density at radius 2 is 2.17 bits per heavy atom. The number of amides is 1. The molecule has 3 aromatic rings. The summed E-state index contributed by atoms with van der Waals surface area (Å²) >= 11 is 0. The topological polar surface area (TPSA) is 70.1 Å². The fraction of sp³-hybridized carbons (Fsp3) is 0.353. The van der Waals surface area contributed by atoms with E-state index in [1.807, 2.05) is 40.9 Å². The van der Waals surface area contributed by atoms with Crippen molar-refractivity contribution in [2.75, 3.05) is 26.7 Å². The van der Waals surface area contributed by atoms with E-state index < -0.39 is 0 Å². The zero-order valence-corrected chi connectivity index (χ0v) is 13.8. The Hall–Kier alpha value is -2.67. The molecule has 1 atom stereocenters. The van der Waals surface area contributed by atoms with Crippen LogP contribution in [-0.2, 0) is 7.05 Å². The van der Waals surface area contributed by atoms with Gasteiger partial charge in [-0.3, -0.25) is 14.8 Å². The van der Waals surface area contributed by atoms with Crippen molar-refractivity contribution in [1.82, 2.24) is 29.5 Å². The molecule has 0 saturated carbocycles. The minimum atomic E-state index is 0.0503. The molecule has 1 aliphatic heterocycles. The Kier molecular flexibility index (Phi) is 3.57. The molecule has 7 nitrogen and oxygen atoms in total. The first-order chi connectivity index (χ1) is 11.6. The normalized spacial score (nSPS) is 19.1. The number of hydrogen-bond acceptors (Lipinski definition) is 4. The van der Waals surface area contributed by atoms with Crippen molar-refractivity contribution >= 4 is 16.8 Å². The van der Waals surface area contributed by atoms with E-state index in [4.69, 9.17) is 0 Å². The van der Waals surface area contributed by atoms with E-state index in [0.717, 1.165) is 23.3 Å². The van der Waals surface area contributed by atoms with E-state index in [1.165, 1.54) is 0 Å². The van der Waals surface area contributed by atoms with Crippen molar-refractivity contribution in [2.24, 2.45) is 7.05 Å². The lowest BCUT2D eigenvalue weighted by atomic mass is 10.1. The van der Waals surface area contributed by atoms with Crippen molar-refractivity contribution < 1.29 is 4.79 Å². The SMILES string of the molecule is CN1CCN(C(=O)c2cccc3[nH]ncc23)C[C@H]1c1nccn1C. The Labute approximate surface area is 139 Å². The summed E-state index contributed by atoms with van der Waals surface area (Å²) in [5, 5.41) is 7.84. The molecule has 4 rings (SSSR count). The standard InChI is InChI=1S/C17H20N6O/c1-21-8-9-23(11-15(21)16-18-6-7-22(16)2)17(24)12-4-3-5-14-13(12)10-19-20-14/h3-7,10,15H,8-9,11H2,1-2H3,(H,19,20)/t15-/m0/s1. The highest BCUT2D eigenvalue weighted by Gasteiger charge is 2.31. The van der Waals surface area contributed by atoms with Gasteiger partial charge in [0.25, 0.3) is 5.91 Å². The van der Waals surface area contributed by atoms with Gasteiger partial charge in [0.2, 0.25) is 0 Å². The molecule has 2 aromatic heterocycles. The van der Waals surface area contributed by atoms with Crippen molar-refractivity contribution in [3.8, 4) is 0 Å². The third-order valence-corrected chi connectivity index (χ3v) is 4.81. The monoisotopic (exact) mass is 324 g/mol. The molecule has 1 aliphatic rings. The molecule has 1 amide bonds. The van der Waals surface area contributed by atoms with Crippen LogP contribution in [0.4, 0.5) is 0 Å². The van der Waals surface area contributed by atoms with Gasteiger partial charge in [0.15, 0.2) is 0 Å². The smallest absolute Gasteiger partial charge is 0.254 e. The van der Waals surface area contributed by atoms with E-state index in [2.05, 4.69) is 27.1 Å². The number of nitrogens with zero attached hydrogens (tertiary/aromatic N) is 5. The Morgan fingerprint density at radius 3 is 2.96 bits per heavy atom. The number of carbonyl (C=O) groups excluding carboxylic acids is 1. The Balaban J connectivity index is 1.63. The van der Waals surface area contributed by atoms with E-state index >= 15 is 0 Å². The van der Waals surface area contributed by atoms with Crippen LogP contribution in [0.3, 0.4) is 0 Å². The van der Waals surface area contributed by atoms with Gasteiger partial charge in [0, 0.05) is 44.5 Å². The van der Waals surface area contributed by atoms with Crippen LogP contribution in [0.25, 0.3) is 10.9 Å². The predicted molar refractivity (Wildman–Crippen MR) is 90.6 cm³/mol. The van der Waals surface area contributed by atoms with Crippen molar-refractivity contribution in [3.05, 3.63) is 48.2 Å². The first-order valence-corrected chi connectivity index (χ1v) is 8.04. The molecule has 0 radical (unpaired) electrons. The molecule has 1 aromatic carbocycles. The molecule has 1 fully saturated rings. The van der Waals surface area contributed by atoms with Gasteiger partial charge in [0.1, 0.15) is 5.82 Å². The van der Waals surface area contributed by atoms with Crippen molar-refractivity contribution in [2.45, 2.75) is 6.04 Å². The largest absolute Gasteiger partial charge is 0.337 e. The van der Waals surface area contributed by atoms with Gasteiger partial charge in [-0.25, -0.2) is 4.98 Å². The van der Waals surface area contributed by atoms with Gasteiger partial charge in [-0.15, -0.1) is 0 Å². The van der Waals surface area contributed by atoms with Crippen LogP contribution in [0.1, 0.15) is 22.2 Å². The molecule has 0 unspecified atom stereocenters. The number of nitrogens with one attached hydrogen (secondary N) is 1. The average Bonchev–Trinajstić information content (AvgIpc) is 3.23. The number of likely N-dealkylation sites (N-methyl/N-ethyl adjacent to an activating group) is 1. The lowest BCUT2D eigenvalue weighted by molar-refractivity contribution is 0.0530. The summed E-state index contributed by atoms with van der Waals surface area (Å²) in [6.45, 7) is 2.17. The van der Waals surface area contributed by atoms with Crippen LogP contribution < -0.4 is 0 Å². The molecule has 0 bridgehead atoms. The quantitative estimate of drug-likeness (QED) is 0.774. The molecular formula is C17H20N6O. The van der Waals surface area contributed by atoms with Gasteiger partial charge in [-0.2, -0.15) is 5.10 Å². The molecule has 24 heavy (non-hydrogen) atoms. The van der Waals surface area contributed by atoms with E-state index in [-0.39, 0.29) is 11.9 Å². The van der Waals surface area contributed by atoms with Crippen LogP contribution in [0, 0.1) is 0 Å². The maximum Gasteiger partial charge on any atom is 0.254 e. The van der Waals surface area contributed by atoms with Crippen molar-refractivity contribution in [3.63, 3.8) is 0 Å². The lowest BCUT2D eigenvalue weighted by Gasteiger charge is -2.39. The number of H-pyrrole nitrogens is 1. The molecular weight excluding hydrogens is 304 g/mol.